The number of anilines is 1. The summed E-state index contributed by atoms with van der Waals surface area (Å²) in [5.74, 6) is -0.718. The zero-order chi connectivity index (χ0) is 24.8. The van der Waals surface area contributed by atoms with Gasteiger partial charge in [0, 0.05) is 41.0 Å². The van der Waals surface area contributed by atoms with Crippen LogP contribution in [-0.2, 0) is 0 Å². The zero-order valence-corrected chi connectivity index (χ0v) is 20.4. The summed E-state index contributed by atoms with van der Waals surface area (Å²) >= 11 is 0. The van der Waals surface area contributed by atoms with E-state index in [1.807, 2.05) is 6.21 Å². The van der Waals surface area contributed by atoms with Crippen LogP contribution in [0, 0.1) is 11.6 Å². The molecule has 186 valence electrons. The Kier molecular flexibility index (Phi) is 5.86. The van der Waals surface area contributed by atoms with E-state index in [4.69, 9.17) is 10.7 Å². The lowest BCUT2D eigenvalue weighted by atomic mass is 9.93. The van der Waals surface area contributed by atoms with Crippen LogP contribution in [0.2, 0.25) is 0 Å². The normalized spacial score (nSPS) is 21.2. The molecule has 0 spiro atoms. The summed E-state index contributed by atoms with van der Waals surface area (Å²) in [6.45, 7) is 4.84. The molecular weight excluding hydrogens is 456 g/mol. The fourth-order valence-electron chi connectivity index (χ4n) is 6.12. The standard InChI is InChI=1S/C29H31F2N5/c1-18-6-5-9-28(35(18)21-11-12-23(30)24(31)15-21)29-34-26-14-19(22-16-33-17-25(22)32)10-13-27(26)36(29)20-7-3-2-4-8-20/h10-16,20,28H,1-9,17,32H2/t28-/m0/s1. The summed E-state index contributed by atoms with van der Waals surface area (Å²) in [5.41, 5.74) is 12.5. The Hall–Kier alpha value is -3.48. The van der Waals surface area contributed by atoms with Gasteiger partial charge in [-0.2, -0.15) is 0 Å². The average molecular weight is 488 g/mol. The summed E-state index contributed by atoms with van der Waals surface area (Å²) in [5, 5.41) is 0. The van der Waals surface area contributed by atoms with Crippen LogP contribution in [0.4, 0.5) is 14.5 Å². The molecule has 0 amide bonds. The fraction of sp³-hybridized carbons (Fsp3) is 0.379. The van der Waals surface area contributed by atoms with Gasteiger partial charge in [-0.3, -0.25) is 4.99 Å². The van der Waals surface area contributed by atoms with Gasteiger partial charge in [-0.05, 0) is 61.9 Å². The Morgan fingerprint density at radius 2 is 1.78 bits per heavy atom. The first-order valence-corrected chi connectivity index (χ1v) is 12.9. The molecule has 36 heavy (non-hydrogen) atoms. The summed E-state index contributed by atoms with van der Waals surface area (Å²) in [6, 6.07) is 10.7. The van der Waals surface area contributed by atoms with Crippen LogP contribution in [0.3, 0.4) is 0 Å². The van der Waals surface area contributed by atoms with E-state index in [-0.39, 0.29) is 6.04 Å². The number of halogens is 2. The molecule has 0 radical (unpaired) electrons. The maximum Gasteiger partial charge on any atom is 0.160 e. The second-order valence-electron chi connectivity index (χ2n) is 10.2. The van der Waals surface area contributed by atoms with Gasteiger partial charge in [0.15, 0.2) is 11.6 Å². The molecule has 0 bridgehead atoms. The molecule has 6 rings (SSSR count). The third-order valence-electron chi connectivity index (χ3n) is 7.87. The molecule has 3 aliphatic rings. The van der Waals surface area contributed by atoms with Crippen molar-refractivity contribution in [3.05, 3.63) is 77.4 Å². The number of hydrogen-bond donors (Lipinski definition) is 1. The Morgan fingerprint density at radius 1 is 0.944 bits per heavy atom. The number of piperidine rings is 1. The molecule has 2 fully saturated rings. The Balaban J connectivity index is 1.51. The number of imidazole rings is 1. The summed E-state index contributed by atoms with van der Waals surface area (Å²) < 4.78 is 30.5. The van der Waals surface area contributed by atoms with Crippen molar-refractivity contribution in [2.45, 2.75) is 63.5 Å². The Bertz CT molecular complexity index is 1400. The number of aromatic nitrogens is 2. The second kappa shape index (κ2) is 9.19. The summed E-state index contributed by atoms with van der Waals surface area (Å²) in [7, 11) is 0. The summed E-state index contributed by atoms with van der Waals surface area (Å²) in [4.78, 5) is 11.6. The van der Waals surface area contributed by atoms with Crippen LogP contribution < -0.4 is 10.6 Å². The molecule has 1 aromatic heterocycles. The fourth-order valence-corrected chi connectivity index (χ4v) is 6.12. The van der Waals surface area contributed by atoms with Crippen LogP contribution in [-0.4, -0.2) is 22.3 Å². The maximum absolute atomic E-state index is 14.3. The van der Waals surface area contributed by atoms with Crippen molar-refractivity contribution in [2.24, 2.45) is 10.7 Å². The number of rotatable bonds is 4. The van der Waals surface area contributed by atoms with E-state index < -0.39 is 11.6 Å². The van der Waals surface area contributed by atoms with Gasteiger partial charge in [0.25, 0.3) is 0 Å². The van der Waals surface area contributed by atoms with Crippen molar-refractivity contribution in [2.75, 3.05) is 11.4 Å². The number of aliphatic imine (C=N–C) groups is 1. The molecule has 3 heterocycles. The Morgan fingerprint density at radius 3 is 2.53 bits per heavy atom. The van der Waals surface area contributed by atoms with Gasteiger partial charge in [-0.1, -0.05) is 31.9 Å². The van der Waals surface area contributed by atoms with Gasteiger partial charge in [0.1, 0.15) is 5.82 Å². The maximum atomic E-state index is 14.3. The van der Waals surface area contributed by atoms with Gasteiger partial charge in [0.05, 0.1) is 23.6 Å². The van der Waals surface area contributed by atoms with Gasteiger partial charge in [0.2, 0.25) is 0 Å². The molecule has 2 aromatic carbocycles. The van der Waals surface area contributed by atoms with E-state index in [0.29, 0.717) is 18.3 Å². The van der Waals surface area contributed by atoms with E-state index in [9.17, 15) is 8.78 Å². The highest BCUT2D eigenvalue weighted by atomic mass is 19.2. The smallest absolute Gasteiger partial charge is 0.160 e. The third-order valence-corrected chi connectivity index (χ3v) is 7.87. The van der Waals surface area contributed by atoms with Gasteiger partial charge < -0.3 is 15.2 Å². The van der Waals surface area contributed by atoms with Crippen molar-refractivity contribution in [1.82, 2.24) is 9.55 Å². The molecule has 2 N–H and O–H groups in total. The van der Waals surface area contributed by atoms with E-state index in [1.165, 1.54) is 31.4 Å². The number of nitrogens with two attached hydrogens (primary N) is 1. The zero-order valence-electron chi connectivity index (χ0n) is 20.4. The Labute approximate surface area is 210 Å². The average Bonchev–Trinajstić information content (AvgIpc) is 3.49. The molecule has 1 saturated carbocycles. The van der Waals surface area contributed by atoms with Crippen LogP contribution >= 0.6 is 0 Å². The monoisotopic (exact) mass is 487 g/mol. The van der Waals surface area contributed by atoms with Crippen LogP contribution in [0.5, 0.6) is 0 Å². The van der Waals surface area contributed by atoms with E-state index in [1.54, 1.807) is 6.07 Å². The minimum absolute atomic E-state index is 0.105. The van der Waals surface area contributed by atoms with Crippen molar-refractivity contribution in [3.8, 4) is 0 Å². The molecule has 7 heteroatoms. The minimum Gasteiger partial charge on any atom is -0.400 e. The van der Waals surface area contributed by atoms with E-state index in [2.05, 4.69) is 39.2 Å². The number of nitrogens with zero attached hydrogens (tertiary/aromatic N) is 4. The topological polar surface area (TPSA) is 59.4 Å². The molecule has 5 nitrogen and oxygen atoms in total. The molecule has 3 aromatic rings. The van der Waals surface area contributed by atoms with Crippen LogP contribution in [0.1, 0.15) is 74.8 Å². The molecule has 0 unspecified atom stereocenters. The lowest BCUT2D eigenvalue weighted by Gasteiger charge is -2.40. The van der Waals surface area contributed by atoms with Crippen molar-refractivity contribution in [3.63, 3.8) is 0 Å². The van der Waals surface area contributed by atoms with Gasteiger partial charge in [-0.25, -0.2) is 13.8 Å². The number of benzene rings is 2. The second-order valence-corrected chi connectivity index (χ2v) is 10.2. The number of hydrogen-bond acceptors (Lipinski definition) is 4. The predicted octanol–water partition coefficient (Wildman–Crippen LogP) is 6.82. The molecule has 1 aliphatic carbocycles. The number of fused-ring (bicyclic) bond motifs is 1. The van der Waals surface area contributed by atoms with Gasteiger partial charge >= 0.3 is 0 Å². The van der Waals surface area contributed by atoms with E-state index in [0.717, 1.165) is 71.5 Å². The first-order valence-electron chi connectivity index (χ1n) is 12.9. The van der Waals surface area contributed by atoms with Gasteiger partial charge in [-0.15, -0.1) is 0 Å². The lowest BCUT2D eigenvalue weighted by molar-refractivity contribution is 0.341. The largest absolute Gasteiger partial charge is 0.400 e. The highest BCUT2D eigenvalue weighted by Crippen LogP contribution is 2.43. The molecule has 1 saturated heterocycles. The van der Waals surface area contributed by atoms with Crippen LogP contribution in [0.25, 0.3) is 16.6 Å². The predicted molar refractivity (Wildman–Crippen MR) is 141 cm³/mol. The minimum atomic E-state index is -0.848. The van der Waals surface area contributed by atoms with Crippen molar-refractivity contribution < 1.29 is 8.78 Å². The van der Waals surface area contributed by atoms with Crippen molar-refractivity contribution >= 4 is 28.5 Å². The lowest BCUT2D eigenvalue weighted by Crippen LogP contribution is -2.34. The third kappa shape index (κ3) is 3.91. The van der Waals surface area contributed by atoms with E-state index >= 15 is 0 Å². The quantitative estimate of drug-likeness (QED) is 0.439. The SMILES string of the molecule is C=C1CCC[C@@H](c2nc3cc(C4=C(N)CN=C4)ccc3n2C2CCCCC2)N1c1ccc(F)c(F)c1. The highest BCUT2D eigenvalue weighted by molar-refractivity contribution is 6.13. The van der Waals surface area contributed by atoms with Crippen molar-refractivity contribution in [1.29, 1.82) is 0 Å². The summed E-state index contributed by atoms with van der Waals surface area (Å²) in [6.07, 6.45) is 10.4. The number of allylic oxidation sites excluding steroid dienone is 2. The van der Waals surface area contributed by atoms with Crippen LogP contribution in [0.15, 0.2) is 59.4 Å². The molecular formula is C29H31F2N5. The molecule has 2 aliphatic heterocycles. The first-order chi connectivity index (χ1) is 17.5. The molecule has 1 atom stereocenters. The highest BCUT2D eigenvalue weighted by Gasteiger charge is 2.34. The first kappa shape index (κ1) is 23.0.